The van der Waals surface area contributed by atoms with E-state index in [0.717, 1.165) is 17.8 Å². The van der Waals surface area contributed by atoms with E-state index in [4.69, 9.17) is 0 Å². The highest BCUT2D eigenvalue weighted by Crippen LogP contribution is 2.34. The predicted octanol–water partition coefficient (Wildman–Crippen LogP) is 4.25. The van der Waals surface area contributed by atoms with Crippen LogP contribution in [0, 0.1) is 17.8 Å². The minimum Gasteiger partial charge on any atom is -0.0628 e. The quantitative estimate of drug-likeness (QED) is 0.588. The van der Waals surface area contributed by atoms with Crippen LogP contribution in [0.25, 0.3) is 0 Å². The summed E-state index contributed by atoms with van der Waals surface area (Å²) in [6.45, 7) is 7.10. The lowest BCUT2D eigenvalue weighted by molar-refractivity contribution is 0.365. The minimum absolute atomic E-state index is 0.904. The zero-order valence-electron chi connectivity index (χ0n) is 8.97. The average molecular weight is 168 g/mol. The Morgan fingerprint density at radius 3 is 2.50 bits per heavy atom. The van der Waals surface area contributed by atoms with Crippen LogP contribution in [0.4, 0.5) is 0 Å². The van der Waals surface area contributed by atoms with Crippen molar-refractivity contribution in [2.24, 2.45) is 17.8 Å². The summed E-state index contributed by atoms with van der Waals surface area (Å²) in [7, 11) is 0. The maximum Gasteiger partial charge on any atom is -0.0388 e. The molecule has 12 heavy (non-hydrogen) atoms. The van der Waals surface area contributed by atoms with E-state index >= 15 is 0 Å². The van der Waals surface area contributed by atoms with E-state index in [1.807, 2.05) is 0 Å². The third-order valence-electron chi connectivity index (χ3n) is 3.40. The van der Waals surface area contributed by atoms with Crippen LogP contribution in [0.3, 0.4) is 0 Å². The fourth-order valence-corrected chi connectivity index (χ4v) is 2.44. The van der Waals surface area contributed by atoms with Crippen LogP contribution in [0.15, 0.2) is 0 Å². The maximum atomic E-state index is 2.44. The average Bonchev–Trinajstić information content (AvgIpc) is 2.36. The Labute approximate surface area is 77.7 Å². The van der Waals surface area contributed by atoms with Crippen molar-refractivity contribution in [2.75, 3.05) is 0 Å². The predicted molar refractivity (Wildman–Crippen MR) is 55.2 cm³/mol. The van der Waals surface area contributed by atoms with Gasteiger partial charge in [-0.1, -0.05) is 59.3 Å². The lowest BCUT2D eigenvalue weighted by Crippen LogP contribution is -2.04. The molecule has 0 aromatic rings. The second-order valence-electron chi connectivity index (χ2n) is 4.99. The molecule has 1 saturated carbocycles. The Hall–Kier alpha value is 0. The molecule has 2 atom stereocenters. The molecule has 0 N–H and O–H groups in total. The molecule has 0 nitrogen and oxygen atoms in total. The van der Waals surface area contributed by atoms with Gasteiger partial charge in [-0.15, -0.1) is 0 Å². The van der Waals surface area contributed by atoms with Gasteiger partial charge in [0, 0.05) is 0 Å². The van der Waals surface area contributed by atoms with Gasteiger partial charge in [-0.2, -0.15) is 0 Å². The summed E-state index contributed by atoms with van der Waals surface area (Å²) in [6.07, 6.45) is 8.90. The normalized spacial score (nSPS) is 30.0. The molecule has 0 heteroatoms. The van der Waals surface area contributed by atoms with Crippen molar-refractivity contribution >= 4 is 0 Å². The first kappa shape index (κ1) is 10.1. The highest BCUT2D eigenvalue weighted by molar-refractivity contribution is 4.73. The third-order valence-corrected chi connectivity index (χ3v) is 3.40. The van der Waals surface area contributed by atoms with Crippen molar-refractivity contribution < 1.29 is 0 Å². The minimum atomic E-state index is 0.904. The summed E-state index contributed by atoms with van der Waals surface area (Å²) in [6, 6.07) is 0. The summed E-state index contributed by atoms with van der Waals surface area (Å²) in [5.41, 5.74) is 0. The lowest BCUT2D eigenvalue weighted by Gasteiger charge is -2.15. The van der Waals surface area contributed by atoms with Gasteiger partial charge in [0.15, 0.2) is 0 Å². The molecule has 0 aromatic carbocycles. The van der Waals surface area contributed by atoms with Gasteiger partial charge in [0.05, 0.1) is 0 Å². The first-order chi connectivity index (χ1) is 5.70. The summed E-state index contributed by atoms with van der Waals surface area (Å²) in [4.78, 5) is 0. The molecular formula is C12H24. The second kappa shape index (κ2) is 4.89. The van der Waals surface area contributed by atoms with Crippen LogP contribution < -0.4 is 0 Å². The fraction of sp³-hybridized carbons (Fsp3) is 1.00. The molecule has 1 aliphatic carbocycles. The molecule has 0 saturated heterocycles. The number of hydrogen-bond acceptors (Lipinski definition) is 0. The molecular weight excluding hydrogens is 144 g/mol. The molecule has 0 bridgehead atoms. The molecule has 0 heterocycles. The van der Waals surface area contributed by atoms with Crippen LogP contribution in [-0.4, -0.2) is 0 Å². The summed E-state index contributed by atoms with van der Waals surface area (Å²) < 4.78 is 0. The smallest absolute Gasteiger partial charge is 0.0388 e. The zero-order chi connectivity index (χ0) is 8.97. The van der Waals surface area contributed by atoms with Crippen molar-refractivity contribution in [1.82, 2.24) is 0 Å². The Balaban J connectivity index is 2.06. The third kappa shape index (κ3) is 3.16. The van der Waals surface area contributed by atoms with Crippen molar-refractivity contribution in [3.8, 4) is 0 Å². The molecule has 0 radical (unpaired) electrons. The van der Waals surface area contributed by atoms with Gasteiger partial charge < -0.3 is 0 Å². The fourth-order valence-electron chi connectivity index (χ4n) is 2.44. The lowest BCUT2D eigenvalue weighted by atomic mass is 9.91. The molecule has 1 fully saturated rings. The van der Waals surface area contributed by atoms with Crippen molar-refractivity contribution in [3.63, 3.8) is 0 Å². The Morgan fingerprint density at radius 2 is 2.00 bits per heavy atom. The molecule has 0 amide bonds. The Bertz CT molecular complexity index is 115. The van der Waals surface area contributed by atoms with Gasteiger partial charge in [-0.3, -0.25) is 0 Å². The topological polar surface area (TPSA) is 0 Å². The molecule has 72 valence electrons. The van der Waals surface area contributed by atoms with Gasteiger partial charge >= 0.3 is 0 Å². The summed E-state index contributed by atoms with van der Waals surface area (Å²) >= 11 is 0. The monoisotopic (exact) mass is 168 g/mol. The van der Waals surface area contributed by atoms with Crippen LogP contribution in [-0.2, 0) is 0 Å². The van der Waals surface area contributed by atoms with Gasteiger partial charge in [-0.25, -0.2) is 0 Å². The van der Waals surface area contributed by atoms with E-state index in [-0.39, 0.29) is 0 Å². The highest BCUT2D eigenvalue weighted by Gasteiger charge is 2.22. The molecule has 1 aliphatic rings. The molecule has 1 rings (SSSR count). The molecule has 0 aromatic heterocycles. The molecule has 0 aliphatic heterocycles. The van der Waals surface area contributed by atoms with Gasteiger partial charge in [0.25, 0.3) is 0 Å². The van der Waals surface area contributed by atoms with E-state index in [2.05, 4.69) is 20.8 Å². The highest BCUT2D eigenvalue weighted by atomic mass is 14.3. The largest absolute Gasteiger partial charge is 0.0628 e. The van der Waals surface area contributed by atoms with Crippen LogP contribution in [0.5, 0.6) is 0 Å². The van der Waals surface area contributed by atoms with Crippen LogP contribution >= 0.6 is 0 Å². The first-order valence-electron chi connectivity index (χ1n) is 5.70. The van der Waals surface area contributed by atoms with Gasteiger partial charge in [-0.05, 0) is 17.8 Å². The Morgan fingerprint density at radius 1 is 1.25 bits per heavy atom. The standard InChI is InChI=1S/C12H24/c1-10(2)6-4-8-12-9-5-7-11(12)3/h10-12H,4-9H2,1-3H3/t11-,12-/m0/s1. The van der Waals surface area contributed by atoms with E-state index < -0.39 is 0 Å². The summed E-state index contributed by atoms with van der Waals surface area (Å²) in [5.74, 6) is 3.00. The second-order valence-corrected chi connectivity index (χ2v) is 4.99. The van der Waals surface area contributed by atoms with Crippen molar-refractivity contribution in [2.45, 2.75) is 59.3 Å². The van der Waals surface area contributed by atoms with Crippen molar-refractivity contribution in [3.05, 3.63) is 0 Å². The maximum absolute atomic E-state index is 2.44. The molecule has 0 unspecified atom stereocenters. The SMILES string of the molecule is CC(C)CCC[C@H]1CCC[C@@H]1C. The van der Waals surface area contributed by atoms with Gasteiger partial charge in [0.2, 0.25) is 0 Å². The van der Waals surface area contributed by atoms with Crippen LogP contribution in [0.1, 0.15) is 59.3 Å². The first-order valence-corrected chi connectivity index (χ1v) is 5.70. The Kier molecular flexibility index (Phi) is 4.11. The van der Waals surface area contributed by atoms with Crippen LogP contribution in [0.2, 0.25) is 0 Å². The number of rotatable bonds is 4. The van der Waals surface area contributed by atoms with E-state index in [1.54, 1.807) is 0 Å². The van der Waals surface area contributed by atoms with E-state index in [0.29, 0.717) is 0 Å². The van der Waals surface area contributed by atoms with E-state index in [1.165, 1.54) is 38.5 Å². The zero-order valence-corrected chi connectivity index (χ0v) is 8.97. The van der Waals surface area contributed by atoms with Crippen molar-refractivity contribution in [1.29, 1.82) is 0 Å². The van der Waals surface area contributed by atoms with Gasteiger partial charge in [0.1, 0.15) is 0 Å². The summed E-state index contributed by atoms with van der Waals surface area (Å²) in [5, 5.41) is 0. The van der Waals surface area contributed by atoms with E-state index in [9.17, 15) is 0 Å². The number of hydrogen-bond donors (Lipinski definition) is 0. The molecule has 0 spiro atoms.